The van der Waals surface area contributed by atoms with Gasteiger partial charge in [-0.3, -0.25) is 0 Å². The van der Waals surface area contributed by atoms with Crippen LogP contribution in [0.15, 0.2) is 41.0 Å². The number of esters is 1. The molecule has 0 radical (unpaired) electrons. The van der Waals surface area contributed by atoms with Crippen LogP contribution in [0.25, 0.3) is 5.57 Å². The van der Waals surface area contributed by atoms with E-state index in [1.807, 2.05) is 18.2 Å². The van der Waals surface area contributed by atoms with Crippen LogP contribution in [0.1, 0.15) is 38.8 Å². The van der Waals surface area contributed by atoms with Crippen LogP contribution in [0, 0.1) is 34.7 Å². The fourth-order valence-corrected chi connectivity index (χ4v) is 4.31. The largest absolute Gasteiger partial charge is 0.369 e. The van der Waals surface area contributed by atoms with Crippen molar-refractivity contribution in [3.8, 4) is 18.6 Å². The highest BCUT2D eigenvalue weighted by molar-refractivity contribution is 6.09. The van der Waals surface area contributed by atoms with Gasteiger partial charge in [0.1, 0.15) is 6.11 Å². The first-order valence-corrected chi connectivity index (χ1v) is 7.45. The van der Waals surface area contributed by atoms with Gasteiger partial charge in [-0.15, -0.1) is 0 Å². The van der Waals surface area contributed by atoms with Crippen molar-refractivity contribution in [1.29, 1.82) is 5.26 Å². The normalized spacial score (nSPS) is 28.1. The molecule has 0 saturated carbocycles. The summed E-state index contributed by atoms with van der Waals surface area (Å²) in [4.78, 5) is 12.4. The van der Waals surface area contributed by atoms with E-state index in [1.54, 1.807) is 12.1 Å². The molecule has 0 spiro atoms. The monoisotopic (exact) mass is 303 g/mol. The van der Waals surface area contributed by atoms with E-state index in [9.17, 15) is 4.79 Å². The minimum atomic E-state index is -0.460. The lowest BCUT2D eigenvalue weighted by Gasteiger charge is -2.67. The first kappa shape index (κ1) is 15.1. The second kappa shape index (κ2) is 4.61. The molecule has 0 bridgehead atoms. The molecular formula is C20H17NO2. The molecule has 3 heteroatoms. The third-order valence-electron chi connectivity index (χ3n) is 5.97. The zero-order valence-electron chi connectivity index (χ0n) is 13.7. The molecule has 23 heavy (non-hydrogen) atoms. The Labute approximate surface area is 136 Å². The molecule has 0 amide bonds. The van der Waals surface area contributed by atoms with Crippen LogP contribution in [0.5, 0.6) is 0 Å². The smallest absolute Gasteiger partial charge is 0.349 e. The van der Waals surface area contributed by atoms with Gasteiger partial charge in [0.05, 0.1) is 17.2 Å². The molecule has 0 aromatic heterocycles. The number of ether oxygens (including phenoxy) is 1. The number of nitriles is 1. The average molecular weight is 303 g/mol. The number of nitrogens with zero attached hydrogens (tertiary/aromatic N) is 1. The molecule has 0 fully saturated rings. The van der Waals surface area contributed by atoms with E-state index < -0.39 is 5.97 Å². The molecule has 2 aliphatic rings. The molecule has 0 heterocycles. The van der Waals surface area contributed by atoms with Crippen molar-refractivity contribution < 1.29 is 9.53 Å². The maximum Gasteiger partial charge on any atom is 0.349 e. The van der Waals surface area contributed by atoms with Gasteiger partial charge in [-0.05, 0) is 37.1 Å². The van der Waals surface area contributed by atoms with Gasteiger partial charge in [0.25, 0.3) is 0 Å². The lowest BCUT2D eigenvalue weighted by atomic mass is 9.35. The minimum absolute atomic E-state index is 0.200. The van der Waals surface area contributed by atoms with E-state index in [1.165, 1.54) is 11.1 Å². The molecule has 1 aromatic carbocycles. The van der Waals surface area contributed by atoms with Crippen LogP contribution in [0.4, 0.5) is 0 Å². The number of terminal acetylenes is 1. The first-order valence-electron chi connectivity index (χ1n) is 7.45. The minimum Gasteiger partial charge on any atom is -0.369 e. The SMILES string of the molecule is C#COC(=O)C1=C(c2ccc(C#N)cc2)C2(C)C(C)=C(C)C12C. The van der Waals surface area contributed by atoms with Crippen molar-refractivity contribution >= 4 is 11.5 Å². The van der Waals surface area contributed by atoms with Crippen molar-refractivity contribution in [2.45, 2.75) is 27.7 Å². The van der Waals surface area contributed by atoms with Crippen LogP contribution >= 0.6 is 0 Å². The maximum absolute atomic E-state index is 12.4. The summed E-state index contributed by atoms with van der Waals surface area (Å²) < 4.78 is 4.84. The standard InChI is InChI=1S/C20H17NO2/c1-6-23-18(22)17-16(15-9-7-14(11-21)8-10-15)19(4)12(2)13(3)20(17,19)5/h1,7-10H,2-5H3. The number of rotatable bonds is 2. The highest BCUT2D eigenvalue weighted by Crippen LogP contribution is 2.77. The van der Waals surface area contributed by atoms with Crippen molar-refractivity contribution in [3.63, 3.8) is 0 Å². The Balaban J connectivity index is 2.20. The van der Waals surface area contributed by atoms with E-state index in [0.29, 0.717) is 11.1 Å². The van der Waals surface area contributed by atoms with Crippen LogP contribution in [-0.2, 0) is 9.53 Å². The molecule has 114 valence electrons. The zero-order valence-corrected chi connectivity index (χ0v) is 13.7. The Kier molecular flexibility index (Phi) is 3.03. The Hall–Kier alpha value is -2.78. The molecule has 0 aliphatic heterocycles. The molecule has 3 rings (SSSR count). The van der Waals surface area contributed by atoms with Gasteiger partial charge < -0.3 is 4.74 Å². The molecule has 2 unspecified atom stereocenters. The van der Waals surface area contributed by atoms with Gasteiger partial charge in [-0.2, -0.15) is 5.26 Å². The molecule has 0 N–H and O–H groups in total. The summed E-state index contributed by atoms with van der Waals surface area (Å²) in [5, 5.41) is 8.96. The number of carbonyl (C=O) groups excluding carboxylic acids is 1. The van der Waals surface area contributed by atoms with Crippen LogP contribution in [0.3, 0.4) is 0 Å². The summed E-state index contributed by atoms with van der Waals surface area (Å²) in [7, 11) is 0. The van der Waals surface area contributed by atoms with E-state index in [4.69, 9.17) is 16.4 Å². The van der Waals surface area contributed by atoms with Crippen LogP contribution < -0.4 is 0 Å². The average Bonchev–Trinajstić information content (AvgIpc) is 2.56. The number of carbonyl (C=O) groups is 1. The Morgan fingerprint density at radius 3 is 2.22 bits per heavy atom. The molecule has 0 saturated heterocycles. The van der Waals surface area contributed by atoms with Gasteiger partial charge in [-0.1, -0.05) is 43.5 Å². The van der Waals surface area contributed by atoms with Gasteiger partial charge in [0.15, 0.2) is 0 Å². The highest BCUT2D eigenvalue weighted by Gasteiger charge is 2.69. The van der Waals surface area contributed by atoms with Crippen molar-refractivity contribution in [2.75, 3.05) is 0 Å². The summed E-state index contributed by atoms with van der Waals surface area (Å²) >= 11 is 0. The molecular weight excluding hydrogens is 286 g/mol. The number of allylic oxidation sites excluding steroid dienone is 3. The quantitative estimate of drug-likeness (QED) is 0.474. The second-order valence-electron chi connectivity index (χ2n) is 6.45. The molecule has 2 atom stereocenters. The number of hydrogen-bond donors (Lipinski definition) is 0. The van der Waals surface area contributed by atoms with Crippen LogP contribution in [0.2, 0.25) is 0 Å². The Morgan fingerprint density at radius 1 is 1.13 bits per heavy atom. The van der Waals surface area contributed by atoms with Crippen molar-refractivity contribution in [1.82, 2.24) is 0 Å². The topological polar surface area (TPSA) is 50.1 Å². The fraction of sp³-hybridized carbons (Fsp3) is 0.300. The van der Waals surface area contributed by atoms with E-state index in [2.05, 4.69) is 33.8 Å². The van der Waals surface area contributed by atoms with Gasteiger partial charge >= 0.3 is 5.97 Å². The van der Waals surface area contributed by atoms with Crippen LogP contribution in [-0.4, -0.2) is 5.97 Å². The van der Waals surface area contributed by atoms with E-state index in [0.717, 1.165) is 11.1 Å². The summed E-state index contributed by atoms with van der Waals surface area (Å²) in [5.74, 6) is -0.460. The number of fused-ring (bicyclic) bond motifs is 1. The summed E-state index contributed by atoms with van der Waals surface area (Å²) in [6.45, 7) is 8.37. The number of hydrogen-bond acceptors (Lipinski definition) is 3. The summed E-state index contributed by atoms with van der Waals surface area (Å²) in [6, 6.07) is 9.38. The zero-order chi connectivity index (χ0) is 17.0. The highest BCUT2D eigenvalue weighted by atomic mass is 16.5. The molecule has 3 nitrogen and oxygen atoms in total. The predicted octanol–water partition coefficient (Wildman–Crippen LogP) is 3.82. The maximum atomic E-state index is 12.4. The first-order chi connectivity index (χ1) is 10.8. The van der Waals surface area contributed by atoms with E-state index >= 15 is 0 Å². The lowest BCUT2D eigenvalue weighted by Crippen LogP contribution is -2.60. The lowest BCUT2D eigenvalue weighted by molar-refractivity contribution is -0.135. The second-order valence-corrected chi connectivity index (χ2v) is 6.45. The summed E-state index contributed by atoms with van der Waals surface area (Å²) in [5.41, 5.74) is 5.03. The summed E-state index contributed by atoms with van der Waals surface area (Å²) in [6.07, 6.45) is 7.12. The number of benzene rings is 1. The third kappa shape index (κ3) is 1.52. The van der Waals surface area contributed by atoms with Gasteiger partial charge in [-0.25, -0.2) is 4.79 Å². The third-order valence-corrected chi connectivity index (χ3v) is 5.97. The Morgan fingerprint density at radius 2 is 1.70 bits per heavy atom. The van der Waals surface area contributed by atoms with E-state index in [-0.39, 0.29) is 10.8 Å². The van der Waals surface area contributed by atoms with Gasteiger partial charge in [0.2, 0.25) is 0 Å². The molecule has 2 aliphatic carbocycles. The molecule has 1 aromatic rings. The Bertz CT molecular complexity index is 874. The van der Waals surface area contributed by atoms with Crippen molar-refractivity contribution in [2.24, 2.45) is 10.8 Å². The van der Waals surface area contributed by atoms with Crippen molar-refractivity contribution in [3.05, 3.63) is 52.1 Å². The fourth-order valence-electron chi connectivity index (χ4n) is 4.31. The van der Waals surface area contributed by atoms with Gasteiger partial charge in [0, 0.05) is 10.8 Å². The predicted molar refractivity (Wildman–Crippen MR) is 87.6 cm³/mol.